The molecule has 3 aromatic rings. The van der Waals surface area contributed by atoms with E-state index in [0.717, 1.165) is 0 Å². The summed E-state index contributed by atoms with van der Waals surface area (Å²) in [6.07, 6.45) is 1.37. The van der Waals surface area contributed by atoms with E-state index < -0.39 is 10.0 Å². The minimum Gasteiger partial charge on any atom is -0.351 e. The van der Waals surface area contributed by atoms with Crippen molar-refractivity contribution < 1.29 is 17.6 Å². The molecule has 1 amide bonds. The fourth-order valence-corrected chi connectivity index (χ4v) is 5.14. The van der Waals surface area contributed by atoms with E-state index in [2.05, 4.69) is 10.3 Å². The fraction of sp³-hybridized carbons (Fsp3) is 0.286. The first-order valence-corrected chi connectivity index (χ1v) is 11.0. The molecule has 8 heteroatoms. The number of hydrogen-bond donors (Lipinski definition) is 2. The molecular formula is C21H22FN3O3S. The lowest BCUT2D eigenvalue weighted by atomic mass is 9.98. The molecule has 1 fully saturated rings. The van der Waals surface area contributed by atoms with Crippen LogP contribution in [0.15, 0.2) is 59.5 Å². The van der Waals surface area contributed by atoms with Gasteiger partial charge in [-0.15, -0.1) is 0 Å². The Kier molecular flexibility index (Phi) is 5.38. The number of rotatable bonds is 5. The Bertz CT molecular complexity index is 1120. The van der Waals surface area contributed by atoms with Crippen molar-refractivity contribution in [3.63, 3.8) is 0 Å². The zero-order valence-corrected chi connectivity index (χ0v) is 16.6. The number of halogens is 1. The van der Waals surface area contributed by atoms with Crippen molar-refractivity contribution in [3.05, 3.63) is 66.1 Å². The minimum absolute atomic E-state index is 0.211. The fourth-order valence-electron chi connectivity index (χ4n) is 3.65. The van der Waals surface area contributed by atoms with Crippen molar-refractivity contribution in [3.8, 4) is 0 Å². The van der Waals surface area contributed by atoms with Crippen molar-refractivity contribution >= 4 is 26.8 Å². The number of sulfonamides is 1. The highest BCUT2D eigenvalue weighted by Crippen LogP contribution is 2.23. The van der Waals surface area contributed by atoms with Crippen LogP contribution < -0.4 is 5.32 Å². The maximum absolute atomic E-state index is 13.3. The predicted octanol–water partition coefficient (Wildman–Crippen LogP) is 3.14. The van der Waals surface area contributed by atoms with Gasteiger partial charge in [-0.05, 0) is 55.2 Å². The number of benzene rings is 2. The van der Waals surface area contributed by atoms with Gasteiger partial charge in [0.1, 0.15) is 11.5 Å². The number of nitrogens with zero attached hydrogens (tertiary/aromatic N) is 1. The van der Waals surface area contributed by atoms with Crippen LogP contribution in [0.5, 0.6) is 0 Å². The number of fused-ring (bicyclic) bond motifs is 1. The summed E-state index contributed by atoms with van der Waals surface area (Å²) in [5.74, 6) is -0.385. The van der Waals surface area contributed by atoms with E-state index in [1.165, 1.54) is 16.4 Å². The molecule has 6 nitrogen and oxygen atoms in total. The summed E-state index contributed by atoms with van der Waals surface area (Å²) in [5, 5.41) is 3.55. The van der Waals surface area contributed by atoms with Crippen LogP contribution >= 0.6 is 0 Å². The number of carbonyl (C=O) groups excluding carboxylic acids is 1. The van der Waals surface area contributed by atoms with Crippen LogP contribution in [0.1, 0.15) is 23.3 Å². The van der Waals surface area contributed by atoms with Gasteiger partial charge in [-0.25, -0.2) is 12.8 Å². The van der Waals surface area contributed by atoms with Crippen LogP contribution in [0, 0.1) is 11.7 Å². The van der Waals surface area contributed by atoms with Gasteiger partial charge in [-0.2, -0.15) is 4.31 Å². The van der Waals surface area contributed by atoms with Gasteiger partial charge in [0.2, 0.25) is 10.0 Å². The summed E-state index contributed by atoms with van der Waals surface area (Å²) < 4.78 is 40.2. The summed E-state index contributed by atoms with van der Waals surface area (Å²) in [6.45, 7) is 1.34. The Morgan fingerprint density at radius 2 is 1.83 bits per heavy atom. The first kappa shape index (κ1) is 19.6. The Balaban J connectivity index is 1.32. The highest BCUT2D eigenvalue weighted by Gasteiger charge is 2.29. The molecule has 4 rings (SSSR count). The van der Waals surface area contributed by atoms with Crippen molar-refractivity contribution in [1.29, 1.82) is 0 Å². The first-order chi connectivity index (χ1) is 13.9. The van der Waals surface area contributed by atoms with Gasteiger partial charge in [-0.3, -0.25) is 4.79 Å². The minimum atomic E-state index is -3.47. The van der Waals surface area contributed by atoms with Crippen LogP contribution in [0.2, 0.25) is 0 Å². The van der Waals surface area contributed by atoms with Gasteiger partial charge < -0.3 is 10.3 Å². The Morgan fingerprint density at radius 3 is 2.55 bits per heavy atom. The molecule has 0 bridgehead atoms. The number of H-pyrrole nitrogens is 1. The average molecular weight is 415 g/mol. The van der Waals surface area contributed by atoms with Gasteiger partial charge >= 0.3 is 0 Å². The molecule has 0 unspecified atom stereocenters. The molecule has 0 aliphatic carbocycles. The molecule has 0 radical (unpaired) electrons. The van der Waals surface area contributed by atoms with Crippen LogP contribution in [-0.4, -0.2) is 43.2 Å². The van der Waals surface area contributed by atoms with Crippen LogP contribution in [0.25, 0.3) is 10.9 Å². The molecule has 1 aromatic heterocycles. The standard InChI is InChI=1S/C21H22FN3O3S/c22-17-6-7-19-16(12-17)13-20(24-19)21(26)23-14-15-8-10-25(11-9-15)29(27,28)18-4-2-1-3-5-18/h1-7,12-13,15,24H,8-11,14H2,(H,23,26). The molecule has 29 heavy (non-hydrogen) atoms. The van der Waals surface area contributed by atoms with Crippen molar-refractivity contribution in [2.75, 3.05) is 19.6 Å². The van der Waals surface area contributed by atoms with E-state index in [0.29, 0.717) is 54.0 Å². The molecule has 1 aliphatic heterocycles. The monoisotopic (exact) mass is 415 g/mol. The molecule has 1 saturated heterocycles. The number of aromatic nitrogens is 1. The van der Waals surface area contributed by atoms with Crippen LogP contribution in [-0.2, 0) is 10.0 Å². The third-order valence-electron chi connectivity index (χ3n) is 5.33. The summed E-state index contributed by atoms with van der Waals surface area (Å²) in [7, 11) is -3.47. The summed E-state index contributed by atoms with van der Waals surface area (Å²) in [4.78, 5) is 15.7. The molecule has 2 heterocycles. The SMILES string of the molecule is O=C(NCC1CCN(S(=O)(=O)c2ccccc2)CC1)c1cc2cc(F)ccc2[nH]1. The summed E-state index contributed by atoms with van der Waals surface area (Å²) in [5.41, 5.74) is 1.09. The maximum Gasteiger partial charge on any atom is 0.267 e. The van der Waals surface area contributed by atoms with E-state index in [-0.39, 0.29) is 17.6 Å². The second-order valence-corrected chi connectivity index (χ2v) is 9.22. The number of nitrogens with one attached hydrogen (secondary N) is 2. The van der Waals surface area contributed by atoms with Crippen molar-refractivity contribution in [1.82, 2.24) is 14.6 Å². The third-order valence-corrected chi connectivity index (χ3v) is 7.25. The second kappa shape index (κ2) is 7.96. The van der Waals surface area contributed by atoms with E-state index in [1.807, 2.05) is 0 Å². The number of piperidine rings is 1. The maximum atomic E-state index is 13.3. The zero-order valence-electron chi connectivity index (χ0n) is 15.8. The van der Waals surface area contributed by atoms with Gasteiger partial charge in [0.15, 0.2) is 0 Å². The lowest BCUT2D eigenvalue weighted by Gasteiger charge is -2.31. The largest absolute Gasteiger partial charge is 0.351 e. The van der Waals surface area contributed by atoms with Gasteiger partial charge in [0.25, 0.3) is 5.91 Å². The molecule has 0 spiro atoms. The van der Waals surface area contributed by atoms with E-state index in [4.69, 9.17) is 0 Å². The van der Waals surface area contributed by atoms with Crippen molar-refractivity contribution in [2.45, 2.75) is 17.7 Å². The lowest BCUT2D eigenvalue weighted by Crippen LogP contribution is -2.41. The van der Waals surface area contributed by atoms with E-state index in [9.17, 15) is 17.6 Å². The molecule has 2 N–H and O–H groups in total. The lowest BCUT2D eigenvalue weighted by molar-refractivity contribution is 0.0937. The summed E-state index contributed by atoms with van der Waals surface area (Å²) in [6, 6.07) is 14.4. The Hall–Kier alpha value is -2.71. The third kappa shape index (κ3) is 4.18. The molecule has 152 valence electrons. The molecule has 1 aliphatic rings. The predicted molar refractivity (Wildman–Crippen MR) is 109 cm³/mol. The first-order valence-electron chi connectivity index (χ1n) is 9.55. The molecule has 0 atom stereocenters. The smallest absolute Gasteiger partial charge is 0.267 e. The van der Waals surface area contributed by atoms with Crippen molar-refractivity contribution in [2.24, 2.45) is 5.92 Å². The van der Waals surface area contributed by atoms with Gasteiger partial charge in [0, 0.05) is 30.5 Å². The average Bonchev–Trinajstić information content (AvgIpc) is 3.16. The van der Waals surface area contributed by atoms with Gasteiger partial charge in [0.05, 0.1) is 4.90 Å². The van der Waals surface area contributed by atoms with E-state index in [1.54, 1.807) is 42.5 Å². The van der Waals surface area contributed by atoms with Crippen LogP contribution in [0.3, 0.4) is 0 Å². The number of carbonyl (C=O) groups is 1. The highest BCUT2D eigenvalue weighted by atomic mass is 32.2. The molecule has 2 aromatic carbocycles. The topological polar surface area (TPSA) is 82.3 Å². The van der Waals surface area contributed by atoms with Crippen LogP contribution in [0.4, 0.5) is 4.39 Å². The quantitative estimate of drug-likeness (QED) is 0.672. The second-order valence-electron chi connectivity index (χ2n) is 7.29. The molecular weight excluding hydrogens is 393 g/mol. The zero-order chi connectivity index (χ0) is 20.4. The van der Waals surface area contributed by atoms with E-state index >= 15 is 0 Å². The molecule has 0 saturated carbocycles. The Morgan fingerprint density at radius 1 is 1.10 bits per heavy atom. The highest BCUT2D eigenvalue weighted by molar-refractivity contribution is 7.89. The van der Waals surface area contributed by atoms with Gasteiger partial charge in [-0.1, -0.05) is 18.2 Å². The number of hydrogen-bond acceptors (Lipinski definition) is 3. The normalized spacial score (nSPS) is 16.2. The summed E-state index contributed by atoms with van der Waals surface area (Å²) >= 11 is 0. The Labute approximate surface area is 168 Å². The number of amides is 1. The number of aromatic amines is 1.